The summed E-state index contributed by atoms with van der Waals surface area (Å²) in [4.78, 5) is 29.6. The fourth-order valence-corrected chi connectivity index (χ4v) is 3.54. The van der Waals surface area contributed by atoms with Gasteiger partial charge in [0, 0.05) is 10.9 Å². The number of aromatic nitrogens is 3. The molecule has 4 rings (SSSR count). The van der Waals surface area contributed by atoms with Crippen LogP contribution in [-0.4, -0.2) is 34.1 Å². The highest BCUT2D eigenvalue weighted by Gasteiger charge is 2.16. The molecule has 0 aliphatic carbocycles. The van der Waals surface area contributed by atoms with Gasteiger partial charge in [0.1, 0.15) is 10.6 Å². The van der Waals surface area contributed by atoms with Crippen LogP contribution in [0.4, 0.5) is 10.8 Å². The van der Waals surface area contributed by atoms with Crippen LogP contribution in [0.3, 0.4) is 0 Å². The average Bonchev–Trinajstić information content (AvgIpc) is 3.39. The number of nitrogens with zero attached hydrogens (tertiary/aromatic N) is 2. The van der Waals surface area contributed by atoms with Gasteiger partial charge in [-0.2, -0.15) is 5.10 Å². The Balaban J connectivity index is 1.49. The first-order chi connectivity index (χ1) is 14.0. The van der Waals surface area contributed by atoms with Crippen LogP contribution in [-0.2, 0) is 0 Å². The standard InChI is InChI=1S/C20H17N5O3S/c1-11-6-7-15-14(9-22-25-15)17(11)23-19(27)16-10-21-20(29-16)24-18(26)12-4-3-5-13(8-12)28-2/h3-10H,1-2H3,(H,22,25)(H,23,27)(H,21,24,26). The molecule has 9 heteroatoms. The second-order valence-corrected chi connectivity index (χ2v) is 7.29. The monoisotopic (exact) mass is 407 g/mol. The van der Waals surface area contributed by atoms with E-state index in [4.69, 9.17) is 4.74 Å². The molecule has 0 bridgehead atoms. The lowest BCUT2D eigenvalue weighted by Crippen LogP contribution is -2.12. The predicted octanol–water partition coefficient (Wildman–Crippen LogP) is 3.84. The van der Waals surface area contributed by atoms with Crippen LogP contribution < -0.4 is 15.4 Å². The van der Waals surface area contributed by atoms with Crippen molar-refractivity contribution in [2.45, 2.75) is 6.92 Å². The maximum Gasteiger partial charge on any atom is 0.267 e. The number of thiazole rings is 1. The molecule has 0 aliphatic rings. The van der Waals surface area contributed by atoms with Gasteiger partial charge in [-0.3, -0.25) is 20.0 Å². The molecule has 2 aromatic heterocycles. The van der Waals surface area contributed by atoms with Crippen LogP contribution in [0.1, 0.15) is 25.6 Å². The third-order valence-electron chi connectivity index (χ3n) is 4.35. The molecule has 4 aromatic rings. The topological polar surface area (TPSA) is 109 Å². The van der Waals surface area contributed by atoms with Crippen molar-refractivity contribution < 1.29 is 14.3 Å². The van der Waals surface area contributed by atoms with Gasteiger partial charge in [0.25, 0.3) is 11.8 Å². The van der Waals surface area contributed by atoms with Gasteiger partial charge in [-0.25, -0.2) is 4.98 Å². The zero-order valence-electron chi connectivity index (χ0n) is 15.6. The molecule has 29 heavy (non-hydrogen) atoms. The van der Waals surface area contributed by atoms with Crippen molar-refractivity contribution in [1.29, 1.82) is 0 Å². The fraction of sp³-hybridized carbons (Fsp3) is 0.100. The van der Waals surface area contributed by atoms with Crippen molar-refractivity contribution in [3.05, 3.63) is 64.8 Å². The van der Waals surface area contributed by atoms with Crippen LogP contribution in [0, 0.1) is 6.92 Å². The Morgan fingerprint density at radius 2 is 1.97 bits per heavy atom. The minimum Gasteiger partial charge on any atom is -0.497 e. The molecule has 0 atom stereocenters. The van der Waals surface area contributed by atoms with Gasteiger partial charge in [0.15, 0.2) is 5.13 Å². The Morgan fingerprint density at radius 1 is 1.10 bits per heavy atom. The lowest BCUT2D eigenvalue weighted by Gasteiger charge is -2.08. The Labute approximate surface area is 169 Å². The summed E-state index contributed by atoms with van der Waals surface area (Å²) >= 11 is 1.10. The van der Waals surface area contributed by atoms with Gasteiger partial charge in [-0.15, -0.1) is 0 Å². The maximum absolute atomic E-state index is 12.7. The number of methoxy groups -OCH3 is 1. The number of carbonyl (C=O) groups excluding carboxylic acids is 2. The zero-order valence-corrected chi connectivity index (χ0v) is 16.5. The van der Waals surface area contributed by atoms with Crippen molar-refractivity contribution >= 4 is 44.9 Å². The van der Waals surface area contributed by atoms with E-state index in [2.05, 4.69) is 25.8 Å². The Hall–Kier alpha value is -3.72. The molecule has 0 saturated heterocycles. The summed E-state index contributed by atoms with van der Waals surface area (Å²) in [5.41, 5.74) is 2.88. The van der Waals surface area contributed by atoms with E-state index in [1.165, 1.54) is 13.3 Å². The van der Waals surface area contributed by atoms with Gasteiger partial charge in [0.05, 0.1) is 30.7 Å². The number of benzene rings is 2. The number of rotatable bonds is 5. The van der Waals surface area contributed by atoms with Crippen LogP contribution >= 0.6 is 11.3 Å². The predicted molar refractivity (Wildman–Crippen MR) is 112 cm³/mol. The Bertz CT molecular complexity index is 1210. The summed E-state index contributed by atoms with van der Waals surface area (Å²) in [5, 5.41) is 13.7. The number of fused-ring (bicyclic) bond motifs is 1. The number of amides is 2. The molecule has 0 saturated carbocycles. The molecule has 8 nitrogen and oxygen atoms in total. The first-order valence-corrected chi connectivity index (χ1v) is 9.52. The highest BCUT2D eigenvalue weighted by molar-refractivity contribution is 7.17. The van der Waals surface area contributed by atoms with E-state index in [0.29, 0.717) is 27.0 Å². The number of aryl methyl sites for hydroxylation is 1. The molecular weight excluding hydrogens is 390 g/mol. The molecule has 2 amide bonds. The number of aromatic amines is 1. The molecule has 3 N–H and O–H groups in total. The smallest absolute Gasteiger partial charge is 0.267 e. The van der Waals surface area contributed by atoms with E-state index in [1.54, 1.807) is 30.5 Å². The second kappa shape index (κ2) is 7.72. The number of hydrogen-bond donors (Lipinski definition) is 3. The third-order valence-corrected chi connectivity index (χ3v) is 5.26. The van der Waals surface area contributed by atoms with E-state index in [9.17, 15) is 9.59 Å². The molecule has 0 unspecified atom stereocenters. The molecule has 2 aromatic carbocycles. The molecule has 146 valence electrons. The van der Waals surface area contributed by atoms with E-state index >= 15 is 0 Å². The van der Waals surface area contributed by atoms with Crippen LogP contribution in [0.5, 0.6) is 5.75 Å². The zero-order chi connectivity index (χ0) is 20.4. The van der Waals surface area contributed by atoms with Crippen molar-refractivity contribution in [2.75, 3.05) is 17.7 Å². The summed E-state index contributed by atoms with van der Waals surface area (Å²) in [6.07, 6.45) is 3.11. The largest absolute Gasteiger partial charge is 0.497 e. The van der Waals surface area contributed by atoms with Crippen molar-refractivity contribution in [1.82, 2.24) is 15.2 Å². The number of nitrogens with one attached hydrogen (secondary N) is 3. The van der Waals surface area contributed by atoms with E-state index in [-0.39, 0.29) is 11.8 Å². The highest BCUT2D eigenvalue weighted by Crippen LogP contribution is 2.27. The number of carbonyl (C=O) groups is 2. The van der Waals surface area contributed by atoms with E-state index in [1.807, 2.05) is 19.1 Å². The lowest BCUT2D eigenvalue weighted by atomic mass is 10.1. The fourth-order valence-electron chi connectivity index (χ4n) is 2.84. The number of H-pyrrole nitrogens is 1. The average molecular weight is 407 g/mol. The number of ether oxygens (including phenoxy) is 1. The Kier molecular flexibility index (Phi) is 4.96. The molecule has 0 spiro atoms. The summed E-state index contributed by atoms with van der Waals surface area (Å²) in [6.45, 7) is 1.91. The normalized spacial score (nSPS) is 10.7. The van der Waals surface area contributed by atoms with E-state index in [0.717, 1.165) is 27.8 Å². The summed E-state index contributed by atoms with van der Waals surface area (Å²) in [7, 11) is 1.54. The number of anilines is 2. The van der Waals surface area contributed by atoms with Gasteiger partial charge >= 0.3 is 0 Å². The van der Waals surface area contributed by atoms with Gasteiger partial charge in [-0.1, -0.05) is 23.5 Å². The summed E-state index contributed by atoms with van der Waals surface area (Å²) in [5.74, 6) is -0.0500. The molecular formula is C20H17N5O3S. The van der Waals surface area contributed by atoms with Crippen LogP contribution in [0.2, 0.25) is 0 Å². The van der Waals surface area contributed by atoms with Gasteiger partial charge in [0.2, 0.25) is 0 Å². The molecule has 2 heterocycles. The minimum atomic E-state index is -0.329. The van der Waals surface area contributed by atoms with Crippen molar-refractivity contribution in [3.8, 4) is 5.75 Å². The lowest BCUT2D eigenvalue weighted by molar-refractivity contribution is 0.102. The summed E-state index contributed by atoms with van der Waals surface area (Å²) in [6, 6.07) is 10.6. The van der Waals surface area contributed by atoms with Gasteiger partial charge < -0.3 is 10.1 Å². The van der Waals surface area contributed by atoms with Gasteiger partial charge in [-0.05, 0) is 36.8 Å². The molecule has 0 fully saturated rings. The third kappa shape index (κ3) is 3.81. The Morgan fingerprint density at radius 3 is 2.79 bits per heavy atom. The quantitative estimate of drug-likeness (QED) is 0.466. The number of hydrogen-bond acceptors (Lipinski definition) is 6. The highest BCUT2D eigenvalue weighted by atomic mass is 32.1. The maximum atomic E-state index is 12.7. The van der Waals surface area contributed by atoms with Crippen molar-refractivity contribution in [3.63, 3.8) is 0 Å². The van der Waals surface area contributed by atoms with E-state index < -0.39 is 0 Å². The molecule has 0 radical (unpaired) electrons. The minimum absolute atomic E-state index is 0.304. The second-order valence-electron chi connectivity index (χ2n) is 6.26. The van der Waals surface area contributed by atoms with Crippen molar-refractivity contribution in [2.24, 2.45) is 0 Å². The SMILES string of the molecule is COc1cccc(C(=O)Nc2ncc(C(=O)Nc3c(C)ccc4[nH]ncc34)s2)c1. The van der Waals surface area contributed by atoms with Crippen LogP contribution in [0.25, 0.3) is 10.9 Å². The van der Waals surface area contributed by atoms with Crippen LogP contribution in [0.15, 0.2) is 48.8 Å². The first-order valence-electron chi connectivity index (χ1n) is 8.70. The molecule has 0 aliphatic heterocycles. The first kappa shape index (κ1) is 18.6. The summed E-state index contributed by atoms with van der Waals surface area (Å²) < 4.78 is 5.13.